The topological polar surface area (TPSA) is 55.8 Å². The van der Waals surface area contributed by atoms with Crippen LogP contribution < -0.4 is 4.18 Å². The molecule has 0 aliphatic heterocycles. The standard InChI is InChI=1S/C23H37NO4S/c1-4-7-8-9-10-14-20-27-23(25)22(18-15-19-24(5-2)6-3)29(26)28-21-16-12-11-13-17-21/h11-13,15-17,19,22H,4-10,14,18,20H2,1-3H3/b19-15+. The Kier molecular flexibility index (Phi) is 13.9. The van der Waals surface area contributed by atoms with Crippen LogP contribution in [0.4, 0.5) is 0 Å². The molecule has 0 bridgehead atoms. The number of hydrogen-bond donors (Lipinski definition) is 0. The van der Waals surface area contributed by atoms with E-state index < -0.39 is 22.3 Å². The average Bonchev–Trinajstić information content (AvgIpc) is 2.73. The predicted octanol–water partition coefficient (Wildman–Crippen LogP) is 5.25. The van der Waals surface area contributed by atoms with E-state index in [1.54, 1.807) is 24.3 Å². The fourth-order valence-corrected chi connectivity index (χ4v) is 3.71. The second-order valence-corrected chi connectivity index (χ2v) is 8.18. The number of hydrogen-bond acceptors (Lipinski definition) is 5. The first kappa shape index (κ1) is 25.2. The summed E-state index contributed by atoms with van der Waals surface area (Å²) in [6.07, 6.45) is 10.8. The SMILES string of the molecule is CCCCCCCCOC(=O)C(C/C=C/N(CC)CC)S(=O)Oc1ccccc1. The van der Waals surface area contributed by atoms with Gasteiger partial charge in [-0.3, -0.25) is 4.79 Å². The molecule has 6 heteroatoms. The maximum Gasteiger partial charge on any atom is 0.325 e. The van der Waals surface area contributed by atoms with Crippen molar-refractivity contribution in [1.82, 2.24) is 4.90 Å². The molecule has 0 radical (unpaired) electrons. The third-order valence-electron chi connectivity index (χ3n) is 4.64. The van der Waals surface area contributed by atoms with Crippen LogP contribution >= 0.6 is 0 Å². The summed E-state index contributed by atoms with van der Waals surface area (Å²) in [7, 11) is 0. The molecule has 0 N–H and O–H groups in total. The van der Waals surface area contributed by atoms with Crippen molar-refractivity contribution in [1.29, 1.82) is 0 Å². The van der Waals surface area contributed by atoms with E-state index >= 15 is 0 Å². The predicted molar refractivity (Wildman–Crippen MR) is 120 cm³/mol. The van der Waals surface area contributed by atoms with Gasteiger partial charge in [0.05, 0.1) is 6.61 Å². The lowest BCUT2D eigenvalue weighted by atomic mass is 10.1. The molecule has 0 aliphatic carbocycles. The van der Waals surface area contributed by atoms with Gasteiger partial charge in [0, 0.05) is 13.1 Å². The zero-order chi connectivity index (χ0) is 21.3. The summed E-state index contributed by atoms with van der Waals surface area (Å²) in [5.41, 5.74) is 0. The first-order valence-electron chi connectivity index (χ1n) is 10.8. The van der Waals surface area contributed by atoms with Gasteiger partial charge in [-0.15, -0.1) is 0 Å². The number of unbranched alkanes of at least 4 members (excludes halogenated alkanes) is 5. The molecule has 0 aliphatic rings. The largest absolute Gasteiger partial charge is 0.465 e. The minimum atomic E-state index is -1.81. The van der Waals surface area contributed by atoms with Crippen LogP contribution in [-0.4, -0.2) is 40.0 Å². The molecule has 0 heterocycles. The van der Waals surface area contributed by atoms with Crippen LogP contribution in [0, 0.1) is 0 Å². The highest BCUT2D eigenvalue weighted by Crippen LogP contribution is 2.15. The molecule has 1 aromatic rings. The zero-order valence-corrected chi connectivity index (χ0v) is 19.0. The van der Waals surface area contributed by atoms with Crippen molar-refractivity contribution >= 4 is 17.0 Å². The molecule has 0 saturated heterocycles. The monoisotopic (exact) mass is 423 g/mol. The Morgan fingerprint density at radius 1 is 1.03 bits per heavy atom. The lowest BCUT2D eigenvalue weighted by Gasteiger charge is -2.17. The number of allylic oxidation sites excluding steroid dienone is 1. The molecule has 0 amide bonds. The van der Waals surface area contributed by atoms with E-state index in [1.807, 2.05) is 18.3 Å². The van der Waals surface area contributed by atoms with Crippen LogP contribution in [0.2, 0.25) is 0 Å². The molecular weight excluding hydrogens is 386 g/mol. The van der Waals surface area contributed by atoms with E-state index in [0.29, 0.717) is 18.8 Å². The summed E-state index contributed by atoms with van der Waals surface area (Å²) in [4.78, 5) is 14.7. The lowest BCUT2D eigenvalue weighted by molar-refractivity contribution is -0.143. The molecule has 164 valence electrons. The number of carbonyl (C=O) groups is 1. The highest BCUT2D eigenvalue weighted by molar-refractivity contribution is 7.82. The van der Waals surface area contributed by atoms with E-state index in [4.69, 9.17) is 8.92 Å². The number of esters is 1. The van der Waals surface area contributed by atoms with Crippen LogP contribution in [-0.2, 0) is 20.6 Å². The molecule has 2 unspecified atom stereocenters. The minimum Gasteiger partial charge on any atom is -0.465 e. The Labute approximate surface area is 179 Å². The molecule has 29 heavy (non-hydrogen) atoms. The third-order valence-corrected chi connectivity index (χ3v) is 5.84. The number of carbonyl (C=O) groups excluding carboxylic acids is 1. The number of rotatable bonds is 16. The third kappa shape index (κ3) is 11.1. The number of nitrogens with zero attached hydrogens (tertiary/aromatic N) is 1. The van der Waals surface area contributed by atoms with Gasteiger partial charge in [0.15, 0.2) is 5.25 Å². The van der Waals surface area contributed by atoms with Crippen molar-refractivity contribution in [2.45, 2.75) is 71.0 Å². The molecule has 1 aromatic carbocycles. The molecule has 2 atom stereocenters. The lowest BCUT2D eigenvalue weighted by Crippen LogP contribution is -2.30. The van der Waals surface area contributed by atoms with E-state index in [2.05, 4.69) is 25.7 Å². The number of para-hydroxylation sites is 1. The van der Waals surface area contributed by atoms with Gasteiger partial charge in [0.1, 0.15) is 5.75 Å². The summed E-state index contributed by atoms with van der Waals surface area (Å²) in [5, 5.41) is -0.845. The molecule has 1 rings (SSSR count). The quantitative estimate of drug-likeness (QED) is 0.269. The highest BCUT2D eigenvalue weighted by atomic mass is 32.2. The van der Waals surface area contributed by atoms with Crippen molar-refractivity contribution in [3.63, 3.8) is 0 Å². The van der Waals surface area contributed by atoms with Gasteiger partial charge >= 0.3 is 5.97 Å². The van der Waals surface area contributed by atoms with Gasteiger partial charge in [0.2, 0.25) is 11.1 Å². The van der Waals surface area contributed by atoms with E-state index in [-0.39, 0.29) is 0 Å². The first-order chi connectivity index (χ1) is 14.1. The van der Waals surface area contributed by atoms with E-state index in [0.717, 1.165) is 32.4 Å². The molecule has 0 aromatic heterocycles. The van der Waals surface area contributed by atoms with E-state index in [9.17, 15) is 9.00 Å². The Bertz CT molecular complexity index is 602. The van der Waals surface area contributed by atoms with Crippen molar-refractivity contribution in [3.05, 3.63) is 42.6 Å². The van der Waals surface area contributed by atoms with Crippen LogP contribution in [0.3, 0.4) is 0 Å². The molecular formula is C23H37NO4S. The Morgan fingerprint density at radius 3 is 2.34 bits per heavy atom. The normalized spacial score (nSPS) is 13.2. The van der Waals surface area contributed by atoms with Crippen molar-refractivity contribution < 1.29 is 17.9 Å². The molecule has 0 fully saturated rings. The van der Waals surface area contributed by atoms with Gasteiger partial charge in [-0.25, -0.2) is 4.21 Å². The van der Waals surface area contributed by atoms with Crippen LogP contribution in [0.15, 0.2) is 42.6 Å². The van der Waals surface area contributed by atoms with Crippen LogP contribution in [0.5, 0.6) is 5.75 Å². The second kappa shape index (κ2) is 16.0. The second-order valence-electron chi connectivity index (χ2n) is 6.92. The average molecular weight is 424 g/mol. The van der Waals surface area contributed by atoms with Crippen molar-refractivity contribution in [2.75, 3.05) is 19.7 Å². The smallest absolute Gasteiger partial charge is 0.325 e. The zero-order valence-electron chi connectivity index (χ0n) is 18.2. The van der Waals surface area contributed by atoms with Crippen molar-refractivity contribution in [2.24, 2.45) is 0 Å². The summed E-state index contributed by atoms with van der Waals surface area (Å²) in [6, 6.07) is 8.91. The first-order valence-corrected chi connectivity index (χ1v) is 12.0. The minimum absolute atomic E-state index is 0.311. The van der Waals surface area contributed by atoms with Gasteiger partial charge in [-0.05, 0) is 45.0 Å². The van der Waals surface area contributed by atoms with E-state index in [1.165, 1.54) is 19.3 Å². The fourth-order valence-electron chi connectivity index (χ4n) is 2.80. The van der Waals surface area contributed by atoms with Gasteiger partial charge < -0.3 is 13.8 Å². The Hall–Kier alpha value is -1.82. The van der Waals surface area contributed by atoms with Crippen LogP contribution in [0.25, 0.3) is 0 Å². The summed E-state index contributed by atoms with van der Waals surface area (Å²) in [6.45, 7) is 8.44. The molecule has 0 saturated carbocycles. The fraction of sp³-hybridized carbons (Fsp3) is 0.609. The van der Waals surface area contributed by atoms with Gasteiger partial charge in [-0.1, -0.05) is 63.3 Å². The highest BCUT2D eigenvalue weighted by Gasteiger charge is 2.28. The van der Waals surface area contributed by atoms with Gasteiger partial charge in [-0.2, -0.15) is 0 Å². The van der Waals surface area contributed by atoms with Crippen LogP contribution in [0.1, 0.15) is 65.7 Å². The summed E-state index contributed by atoms with van der Waals surface area (Å²) >= 11 is -1.81. The van der Waals surface area contributed by atoms with Gasteiger partial charge in [0.25, 0.3) is 0 Å². The summed E-state index contributed by atoms with van der Waals surface area (Å²) in [5.74, 6) is 0.0179. The molecule has 0 spiro atoms. The maximum absolute atomic E-state index is 12.7. The Balaban J connectivity index is 2.60. The number of benzene rings is 1. The Morgan fingerprint density at radius 2 is 1.69 bits per heavy atom. The number of ether oxygens (including phenoxy) is 1. The maximum atomic E-state index is 12.7. The summed E-state index contributed by atoms with van der Waals surface area (Å²) < 4.78 is 23.6. The molecule has 5 nitrogen and oxygen atoms in total. The van der Waals surface area contributed by atoms with Crippen molar-refractivity contribution in [3.8, 4) is 5.75 Å².